The second-order valence-electron chi connectivity index (χ2n) is 7.06. The maximum Gasteiger partial charge on any atom is 0.191 e. The SMILES string of the molecule is CCNC(=NCC1(c2ccc(Br)cc2)CCC1)NCCn1cnnc1CC.I. The van der Waals surface area contributed by atoms with Gasteiger partial charge in [0.15, 0.2) is 5.96 Å². The molecule has 1 aliphatic carbocycles. The van der Waals surface area contributed by atoms with Crippen molar-refractivity contribution in [1.82, 2.24) is 25.4 Å². The van der Waals surface area contributed by atoms with Crippen LogP contribution in [0.5, 0.6) is 0 Å². The Bertz CT molecular complexity index is 754. The van der Waals surface area contributed by atoms with Gasteiger partial charge in [-0.05, 0) is 37.5 Å². The number of aryl methyl sites for hydroxylation is 1. The zero-order valence-electron chi connectivity index (χ0n) is 16.6. The normalized spacial score (nSPS) is 15.5. The quantitative estimate of drug-likeness (QED) is 0.292. The molecule has 1 heterocycles. The van der Waals surface area contributed by atoms with E-state index in [1.165, 1.54) is 24.8 Å². The predicted octanol–water partition coefficient (Wildman–Crippen LogP) is 3.90. The average Bonchev–Trinajstić information content (AvgIpc) is 3.09. The van der Waals surface area contributed by atoms with Crippen molar-refractivity contribution in [3.63, 3.8) is 0 Å². The summed E-state index contributed by atoms with van der Waals surface area (Å²) in [6, 6.07) is 8.73. The lowest BCUT2D eigenvalue weighted by molar-refractivity contribution is 0.253. The maximum atomic E-state index is 4.91. The highest BCUT2D eigenvalue weighted by Crippen LogP contribution is 2.44. The molecule has 0 unspecified atom stereocenters. The van der Waals surface area contributed by atoms with Crippen molar-refractivity contribution < 1.29 is 0 Å². The van der Waals surface area contributed by atoms with Gasteiger partial charge in [-0.1, -0.05) is 41.4 Å². The zero-order valence-corrected chi connectivity index (χ0v) is 20.5. The van der Waals surface area contributed by atoms with Gasteiger partial charge >= 0.3 is 0 Å². The van der Waals surface area contributed by atoms with Crippen LogP contribution in [0.2, 0.25) is 0 Å². The number of aliphatic imine (C=N–C) groups is 1. The Morgan fingerprint density at radius 3 is 2.57 bits per heavy atom. The van der Waals surface area contributed by atoms with E-state index < -0.39 is 0 Å². The van der Waals surface area contributed by atoms with Gasteiger partial charge in [0.2, 0.25) is 0 Å². The number of hydrogen-bond donors (Lipinski definition) is 2. The van der Waals surface area contributed by atoms with E-state index in [9.17, 15) is 0 Å². The summed E-state index contributed by atoms with van der Waals surface area (Å²) < 4.78 is 3.21. The summed E-state index contributed by atoms with van der Waals surface area (Å²) in [5.41, 5.74) is 1.58. The molecule has 0 spiro atoms. The molecule has 1 fully saturated rings. The molecule has 6 nitrogen and oxygen atoms in total. The third-order valence-electron chi connectivity index (χ3n) is 5.31. The van der Waals surface area contributed by atoms with E-state index >= 15 is 0 Å². The molecule has 0 bridgehead atoms. The standard InChI is InChI=1S/C20H29BrN6.HI/c1-3-18-26-25-15-27(18)13-12-23-19(22-4-2)24-14-20(10-5-11-20)16-6-8-17(21)9-7-16;/h6-9,15H,3-5,10-14H2,1-2H3,(H2,22,23,24);1H. The van der Waals surface area contributed by atoms with E-state index in [4.69, 9.17) is 4.99 Å². The molecule has 1 aliphatic rings. The number of halogens is 2. The van der Waals surface area contributed by atoms with Crippen molar-refractivity contribution in [2.24, 2.45) is 4.99 Å². The molecular formula is C20H30BrIN6. The summed E-state index contributed by atoms with van der Waals surface area (Å²) in [7, 11) is 0. The Kier molecular flexibility index (Phi) is 9.20. The van der Waals surface area contributed by atoms with Crippen LogP contribution in [0.15, 0.2) is 40.1 Å². The topological polar surface area (TPSA) is 67.1 Å². The van der Waals surface area contributed by atoms with Gasteiger partial charge in [-0.3, -0.25) is 4.99 Å². The van der Waals surface area contributed by atoms with Crippen LogP contribution in [0.4, 0.5) is 0 Å². The van der Waals surface area contributed by atoms with Gasteiger partial charge in [0.05, 0.1) is 6.54 Å². The average molecular weight is 561 g/mol. The summed E-state index contributed by atoms with van der Waals surface area (Å²) in [6.45, 7) is 7.49. The van der Waals surface area contributed by atoms with Crippen LogP contribution in [0.25, 0.3) is 0 Å². The lowest BCUT2D eigenvalue weighted by Gasteiger charge is -2.41. The lowest BCUT2D eigenvalue weighted by atomic mass is 9.64. The molecule has 2 N–H and O–H groups in total. The fourth-order valence-corrected chi connectivity index (χ4v) is 3.82. The molecule has 3 rings (SSSR count). The summed E-state index contributed by atoms with van der Waals surface area (Å²) >= 11 is 3.53. The first-order chi connectivity index (χ1) is 13.2. The predicted molar refractivity (Wildman–Crippen MR) is 128 cm³/mol. The number of guanidine groups is 1. The molecule has 1 aromatic heterocycles. The number of nitrogens with zero attached hydrogens (tertiary/aromatic N) is 4. The van der Waals surface area contributed by atoms with E-state index in [1.54, 1.807) is 6.33 Å². The van der Waals surface area contributed by atoms with Crippen molar-refractivity contribution in [3.05, 3.63) is 46.5 Å². The summed E-state index contributed by atoms with van der Waals surface area (Å²) in [5.74, 6) is 1.90. The molecule has 154 valence electrons. The van der Waals surface area contributed by atoms with Gasteiger partial charge in [0, 0.05) is 35.9 Å². The minimum absolute atomic E-state index is 0. The van der Waals surface area contributed by atoms with E-state index in [1.807, 2.05) is 0 Å². The van der Waals surface area contributed by atoms with Crippen molar-refractivity contribution in [2.45, 2.75) is 51.5 Å². The number of aromatic nitrogens is 3. The number of rotatable bonds is 8. The molecular weight excluding hydrogens is 531 g/mol. The van der Waals surface area contributed by atoms with Gasteiger partial charge in [-0.15, -0.1) is 34.2 Å². The van der Waals surface area contributed by atoms with Crippen LogP contribution in [0.3, 0.4) is 0 Å². The lowest BCUT2D eigenvalue weighted by Crippen LogP contribution is -2.42. The smallest absolute Gasteiger partial charge is 0.191 e. The van der Waals surface area contributed by atoms with Crippen LogP contribution < -0.4 is 10.6 Å². The third kappa shape index (κ3) is 5.68. The Morgan fingerprint density at radius 1 is 1.21 bits per heavy atom. The van der Waals surface area contributed by atoms with E-state index in [0.717, 1.165) is 48.9 Å². The molecule has 0 atom stereocenters. The Balaban J connectivity index is 0.00000280. The van der Waals surface area contributed by atoms with Gasteiger partial charge < -0.3 is 15.2 Å². The van der Waals surface area contributed by atoms with Crippen molar-refractivity contribution in [3.8, 4) is 0 Å². The Morgan fingerprint density at radius 2 is 1.96 bits per heavy atom. The van der Waals surface area contributed by atoms with Crippen LogP contribution in [0, 0.1) is 0 Å². The molecule has 28 heavy (non-hydrogen) atoms. The number of nitrogens with one attached hydrogen (secondary N) is 2. The minimum Gasteiger partial charge on any atom is -0.357 e. The monoisotopic (exact) mass is 560 g/mol. The first-order valence-corrected chi connectivity index (χ1v) is 10.6. The minimum atomic E-state index is 0. The van der Waals surface area contributed by atoms with Gasteiger partial charge in [0.25, 0.3) is 0 Å². The fourth-order valence-electron chi connectivity index (χ4n) is 3.55. The number of hydrogen-bond acceptors (Lipinski definition) is 3. The summed E-state index contributed by atoms with van der Waals surface area (Å²) in [5, 5.41) is 14.9. The molecule has 0 aliphatic heterocycles. The Labute approximate surface area is 193 Å². The fraction of sp³-hybridized carbons (Fsp3) is 0.550. The first kappa shape index (κ1) is 23.1. The molecule has 0 radical (unpaired) electrons. The maximum absolute atomic E-state index is 4.91. The molecule has 2 aromatic rings. The van der Waals surface area contributed by atoms with Gasteiger partial charge in [-0.25, -0.2) is 0 Å². The highest BCUT2D eigenvalue weighted by molar-refractivity contribution is 14.0. The van der Waals surface area contributed by atoms with Crippen molar-refractivity contribution in [1.29, 1.82) is 0 Å². The largest absolute Gasteiger partial charge is 0.357 e. The van der Waals surface area contributed by atoms with Crippen LogP contribution >= 0.6 is 39.9 Å². The van der Waals surface area contributed by atoms with Crippen LogP contribution in [-0.4, -0.2) is 40.4 Å². The molecule has 0 saturated heterocycles. The highest BCUT2D eigenvalue weighted by atomic mass is 127. The van der Waals surface area contributed by atoms with E-state index in [-0.39, 0.29) is 29.4 Å². The first-order valence-electron chi connectivity index (χ1n) is 9.82. The molecule has 8 heteroatoms. The molecule has 1 saturated carbocycles. The molecule has 1 aromatic carbocycles. The summed E-state index contributed by atoms with van der Waals surface area (Å²) in [6.07, 6.45) is 6.38. The third-order valence-corrected chi connectivity index (χ3v) is 5.84. The van der Waals surface area contributed by atoms with Crippen LogP contribution in [-0.2, 0) is 18.4 Å². The van der Waals surface area contributed by atoms with E-state index in [0.29, 0.717) is 0 Å². The highest BCUT2D eigenvalue weighted by Gasteiger charge is 2.38. The second-order valence-corrected chi connectivity index (χ2v) is 7.97. The summed E-state index contributed by atoms with van der Waals surface area (Å²) in [4.78, 5) is 4.91. The Hall–Kier alpha value is -1.16. The van der Waals surface area contributed by atoms with Gasteiger partial charge in [0.1, 0.15) is 12.2 Å². The van der Waals surface area contributed by atoms with Crippen molar-refractivity contribution >= 4 is 45.9 Å². The second kappa shape index (κ2) is 11.1. The van der Waals surface area contributed by atoms with Crippen LogP contribution in [0.1, 0.15) is 44.5 Å². The van der Waals surface area contributed by atoms with Crippen molar-refractivity contribution in [2.75, 3.05) is 19.6 Å². The van der Waals surface area contributed by atoms with Gasteiger partial charge in [-0.2, -0.15) is 0 Å². The number of benzene rings is 1. The molecule has 0 amide bonds. The zero-order chi connectivity index (χ0) is 19.1. The van der Waals surface area contributed by atoms with E-state index in [2.05, 4.69) is 79.4 Å².